The maximum atomic E-state index is 4.33. The SMILES string of the molecule is c1cc2nc3cn[nH]cc3nc2n1. The van der Waals surface area contributed by atoms with Crippen molar-refractivity contribution in [1.82, 2.24) is 25.1 Å². The summed E-state index contributed by atoms with van der Waals surface area (Å²) < 4.78 is 0. The second-order valence-electron chi connectivity index (χ2n) is 2.68. The summed E-state index contributed by atoms with van der Waals surface area (Å²) in [5.74, 6) is 0. The summed E-state index contributed by atoms with van der Waals surface area (Å²) in [7, 11) is 0. The van der Waals surface area contributed by atoms with Gasteiger partial charge in [0.1, 0.15) is 16.6 Å². The van der Waals surface area contributed by atoms with Gasteiger partial charge in [-0.15, -0.1) is 0 Å². The first-order valence-corrected chi connectivity index (χ1v) is 3.85. The zero-order valence-corrected chi connectivity index (χ0v) is 6.60. The van der Waals surface area contributed by atoms with Crippen LogP contribution in [0.5, 0.6) is 0 Å². The summed E-state index contributed by atoms with van der Waals surface area (Å²) in [5, 5.41) is 6.57. The lowest BCUT2D eigenvalue weighted by atomic mass is 10.4. The van der Waals surface area contributed by atoms with Gasteiger partial charge in [0, 0.05) is 12.4 Å². The van der Waals surface area contributed by atoms with Crippen LogP contribution in [0.2, 0.25) is 0 Å². The van der Waals surface area contributed by atoms with Crippen molar-refractivity contribution >= 4 is 22.2 Å². The number of hydrogen-bond acceptors (Lipinski definition) is 4. The Morgan fingerprint density at radius 3 is 3.08 bits per heavy atom. The molecule has 0 aliphatic carbocycles. The highest BCUT2D eigenvalue weighted by molar-refractivity contribution is 5.83. The number of aromatic amines is 1. The number of nitrogens with one attached hydrogen (secondary N) is 1. The molecule has 3 heterocycles. The molecule has 0 amide bonds. The lowest BCUT2D eigenvalue weighted by molar-refractivity contribution is 1.04. The van der Waals surface area contributed by atoms with Crippen molar-refractivity contribution in [1.29, 1.82) is 0 Å². The minimum Gasteiger partial charge on any atom is -0.283 e. The van der Waals surface area contributed by atoms with Crippen molar-refractivity contribution in [2.45, 2.75) is 0 Å². The molecule has 13 heavy (non-hydrogen) atoms. The number of H-pyrrole nitrogens is 1. The van der Waals surface area contributed by atoms with Crippen molar-refractivity contribution in [2.75, 3.05) is 0 Å². The Balaban J connectivity index is 2.57. The summed E-state index contributed by atoms with van der Waals surface area (Å²) in [5.41, 5.74) is 3.04. The molecule has 3 aromatic rings. The molecule has 0 bridgehead atoms. The predicted octanol–water partition coefficient (Wildman–Crippen LogP) is 0.901. The van der Waals surface area contributed by atoms with Crippen LogP contribution in [-0.2, 0) is 0 Å². The molecule has 0 saturated carbocycles. The van der Waals surface area contributed by atoms with Crippen molar-refractivity contribution in [3.05, 3.63) is 24.7 Å². The molecule has 62 valence electrons. The van der Waals surface area contributed by atoms with Gasteiger partial charge in [0.15, 0.2) is 5.65 Å². The fourth-order valence-corrected chi connectivity index (χ4v) is 1.25. The van der Waals surface area contributed by atoms with Crippen molar-refractivity contribution < 1.29 is 0 Å². The Kier molecular flexibility index (Phi) is 1.11. The number of aromatic nitrogens is 5. The molecule has 1 N–H and O–H groups in total. The standard InChI is InChI=1S/C8H5N5/c1-2-9-8-5(1)12-6-3-10-11-4-7(6)13-8/h1-4,11H. The van der Waals surface area contributed by atoms with E-state index in [9.17, 15) is 0 Å². The van der Waals surface area contributed by atoms with E-state index in [4.69, 9.17) is 0 Å². The van der Waals surface area contributed by atoms with E-state index < -0.39 is 0 Å². The maximum absolute atomic E-state index is 4.33. The molecule has 5 nitrogen and oxygen atoms in total. The van der Waals surface area contributed by atoms with Gasteiger partial charge in [-0.1, -0.05) is 0 Å². The fourth-order valence-electron chi connectivity index (χ4n) is 1.25. The molecule has 0 aliphatic heterocycles. The second kappa shape index (κ2) is 2.22. The first-order chi connectivity index (χ1) is 6.43. The minimum atomic E-state index is 0.673. The third-order valence-electron chi connectivity index (χ3n) is 1.85. The number of rotatable bonds is 0. The van der Waals surface area contributed by atoms with Gasteiger partial charge in [0.05, 0.1) is 6.20 Å². The lowest BCUT2D eigenvalue weighted by Gasteiger charge is -1.94. The predicted molar refractivity (Wildman–Crippen MR) is 47.0 cm³/mol. The molecule has 0 aliphatic rings. The van der Waals surface area contributed by atoms with Crippen LogP contribution >= 0.6 is 0 Å². The maximum Gasteiger partial charge on any atom is 0.178 e. The molecule has 0 atom stereocenters. The van der Waals surface area contributed by atoms with E-state index in [1.54, 1.807) is 18.6 Å². The van der Waals surface area contributed by atoms with Crippen molar-refractivity contribution in [3.63, 3.8) is 0 Å². The Labute approximate surface area is 72.9 Å². The van der Waals surface area contributed by atoms with E-state index >= 15 is 0 Å². The average molecular weight is 171 g/mol. The first-order valence-electron chi connectivity index (χ1n) is 3.85. The van der Waals surface area contributed by atoms with Crippen molar-refractivity contribution in [2.24, 2.45) is 0 Å². The lowest BCUT2D eigenvalue weighted by Crippen LogP contribution is -1.88. The average Bonchev–Trinajstić information content (AvgIpc) is 2.61. The molecule has 3 rings (SSSR count). The van der Waals surface area contributed by atoms with Crippen LogP contribution in [0.15, 0.2) is 24.7 Å². The molecule has 0 unspecified atom stereocenters. The van der Waals surface area contributed by atoms with E-state index in [1.165, 1.54) is 0 Å². The van der Waals surface area contributed by atoms with Crippen LogP contribution in [0.3, 0.4) is 0 Å². The van der Waals surface area contributed by atoms with Gasteiger partial charge in [0.2, 0.25) is 0 Å². The molecule has 0 saturated heterocycles. The van der Waals surface area contributed by atoms with Crippen LogP contribution in [0, 0.1) is 0 Å². The molecule has 0 spiro atoms. The van der Waals surface area contributed by atoms with Crippen LogP contribution in [0.1, 0.15) is 0 Å². The Morgan fingerprint density at radius 2 is 2.08 bits per heavy atom. The van der Waals surface area contributed by atoms with Crippen LogP contribution in [0.4, 0.5) is 0 Å². The summed E-state index contributed by atoms with van der Waals surface area (Å²) in [6, 6.07) is 1.83. The van der Waals surface area contributed by atoms with Gasteiger partial charge < -0.3 is 0 Å². The number of nitrogens with zero attached hydrogens (tertiary/aromatic N) is 4. The normalized spacial score (nSPS) is 11.1. The van der Waals surface area contributed by atoms with Gasteiger partial charge in [-0.3, -0.25) is 5.10 Å². The summed E-state index contributed by atoms with van der Waals surface area (Å²) in [6.45, 7) is 0. The number of hydrogen-bond donors (Lipinski definition) is 1. The van der Waals surface area contributed by atoms with E-state index in [1.807, 2.05) is 6.07 Å². The highest BCUT2D eigenvalue weighted by Crippen LogP contribution is 2.11. The molecule has 0 radical (unpaired) electrons. The van der Waals surface area contributed by atoms with Gasteiger partial charge >= 0.3 is 0 Å². The van der Waals surface area contributed by atoms with Crippen LogP contribution in [-0.4, -0.2) is 25.1 Å². The molecular weight excluding hydrogens is 166 g/mol. The highest BCUT2D eigenvalue weighted by Gasteiger charge is 2.01. The van der Waals surface area contributed by atoms with E-state index in [0.717, 1.165) is 16.6 Å². The van der Waals surface area contributed by atoms with Gasteiger partial charge in [-0.05, 0) is 6.07 Å². The van der Waals surface area contributed by atoms with E-state index in [2.05, 4.69) is 25.1 Å². The van der Waals surface area contributed by atoms with Gasteiger partial charge in [-0.2, -0.15) is 5.10 Å². The topological polar surface area (TPSA) is 67.3 Å². The van der Waals surface area contributed by atoms with Crippen LogP contribution < -0.4 is 0 Å². The summed E-state index contributed by atoms with van der Waals surface area (Å²) in [6.07, 6.45) is 5.05. The molecule has 0 fully saturated rings. The third kappa shape index (κ3) is 0.868. The zero-order valence-electron chi connectivity index (χ0n) is 6.60. The molecule has 5 heteroatoms. The van der Waals surface area contributed by atoms with E-state index in [-0.39, 0.29) is 0 Å². The van der Waals surface area contributed by atoms with E-state index in [0.29, 0.717) is 5.65 Å². The molecule has 0 aromatic carbocycles. The minimum absolute atomic E-state index is 0.673. The fraction of sp³-hybridized carbons (Fsp3) is 0. The monoisotopic (exact) mass is 171 g/mol. The van der Waals surface area contributed by atoms with Gasteiger partial charge in [-0.25, -0.2) is 15.0 Å². The zero-order chi connectivity index (χ0) is 8.67. The Hall–Kier alpha value is -2.04. The molecule has 3 aromatic heterocycles. The third-order valence-corrected chi connectivity index (χ3v) is 1.85. The smallest absolute Gasteiger partial charge is 0.178 e. The largest absolute Gasteiger partial charge is 0.283 e. The Bertz CT molecular complexity index is 521. The summed E-state index contributed by atoms with van der Waals surface area (Å²) in [4.78, 5) is 12.7. The highest BCUT2D eigenvalue weighted by atomic mass is 15.1. The van der Waals surface area contributed by atoms with Crippen LogP contribution in [0.25, 0.3) is 22.2 Å². The van der Waals surface area contributed by atoms with Crippen molar-refractivity contribution in [3.8, 4) is 0 Å². The number of fused-ring (bicyclic) bond motifs is 2. The molecular formula is C8H5N5. The Morgan fingerprint density at radius 1 is 1.08 bits per heavy atom. The van der Waals surface area contributed by atoms with Gasteiger partial charge in [0.25, 0.3) is 0 Å². The first kappa shape index (κ1) is 6.47. The second-order valence-corrected chi connectivity index (χ2v) is 2.68. The quantitative estimate of drug-likeness (QED) is 0.545. The summed E-state index contributed by atoms with van der Waals surface area (Å²) >= 11 is 0.